The van der Waals surface area contributed by atoms with Gasteiger partial charge in [0.05, 0.1) is 4.90 Å². The normalized spacial score (nSPS) is 12.1. The molecule has 5 nitrogen and oxygen atoms in total. The number of hydrogen-bond acceptors (Lipinski definition) is 5. The average Bonchev–Trinajstić information content (AvgIpc) is 2.60. The van der Waals surface area contributed by atoms with E-state index in [-0.39, 0.29) is 10.5 Å². The molecule has 2 rings (SSSR count). The number of benzene rings is 2. The third kappa shape index (κ3) is 5.23. The Balaban J connectivity index is 2.53. The van der Waals surface area contributed by atoms with E-state index >= 15 is 0 Å². The fourth-order valence-corrected chi connectivity index (χ4v) is 3.31. The Labute approximate surface area is 158 Å². The summed E-state index contributed by atoms with van der Waals surface area (Å²) in [7, 11) is -4.23. The summed E-state index contributed by atoms with van der Waals surface area (Å²) in [6.07, 6.45) is 0.819. The Morgan fingerprint density at radius 1 is 1.04 bits per heavy atom. The van der Waals surface area contributed by atoms with Gasteiger partial charge in [-0.05, 0) is 37.3 Å². The number of nitrogens with zero attached hydrogens (tertiary/aromatic N) is 1. The van der Waals surface area contributed by atoms with Crippen LogP contribution in [-0.2, 0) is 9.84 Å². The number of ether oxygens (including phenoxy) is 2. The molecule has 0 saturated heterocycles. The molecule has 0 atom stereocenters. The molecule has 0 aliphatic carbocycles. The predicted molar refractivity (Wildman–Crippen MR) is 91.7 cm³/mol. The summed E-state index contributed by atoms with van der Waals surface area (Å²) < 4.78 is 83.5. The van der Waals surface area contributed by atoms with E-state index in [2.05, 4.69) is 9.47 Å². The summed E-state index contributed by atoms with van der Waals surface area (Å²) in [6, 6.07) is 9.94. The van der Waals surface area contributed by atoms with Crippen LogP contribution < -0.4 is 9.47 Å². The molecule has 2 aromatic carbocycles. The SMILES string of the molecule is Cc1ccc(S(=O)(=O)/C(C#N)=C/c2ccc(OC(F)F)cc2OC(F)F)cc1. The van der Waals surface area contributed by atoms with E-state index in [1.165, 1.54) is 30.3 Å². The van der Waals surface area contributed by atoms with Gasteiger partial charge in [-0.1, -0.05) is 17.7 Å². The van der Waals surface area contributed by atoms with Crippen LogP contribution in [0.4, 0.5) is 17.6 Å². The van der Waals surface area contributed by atoms with Crippen molar-refractivity contribution in [3.8, 4) is 17.6 Å². The van der Waals surface area contributed by atoms with Gasteiger partial charge >= 0.3 is 13.2 Å². The Morgan fingerprint density at radius 2 is 1.64 bits per heavy atom. The summed E-state index contributed by atoms with van der Waals surface area (Å²) in [5.41, 5.74) is 0.567. The van der Waals surface area contributed by atoms with Gasteiger partial charge in [-0.2, -0.15) is 22.8 Å². The van der Waals surface area contributed by atoms with E-state index in [4.69, 9.17) is 0 Å². The van der Waals surface area contributed by atoms with Gasteiger partial charge in [0.2, 0.25) is 9.84 Å². The Bertz CT molecular complexity index is 1010. The first kappa shape index (κ1) is 21.2. The molecule has 0 N–H and O–H groups in total. The molecule has 0 bridgehead atoms. The average molecular weight is 415 g/mol. The van der Waals surface area contributed by atoms with E-state index in [9.17, 15) is 31.2 Å². The molecule has 2 aromatic rings. The number of rotatable bonds is 7. The first-order chi connectivity index (χ1) is 13.1. The molecule has 148 valence electrons. The molecule has 0 radical (unpaired) electrons. The molecule has 0 unspecified atom stereocenters. The summed E-state index contributed by atoms with van der Waals surface area (Å²) in [5.74, 6) is -1.09. The molecule has 0 aromatic heterocycles. The maximum absolute atomic E-state index is 12.6. The molecule has 0 fully saturated rings. The van der Waals surface area contributed by atoms with Gasteiger partial charge in [0, 0.05) is 11.6 Å². The molecular weight excluding hydrogens is 402 g/mol. The predicted octanol–water partition coefficient (Wildman–Crippen LogP) is 4.54. The van der Waals surface area contributed by atoms with Crippen LogP contribution in [0.3, 0.4) is 0 Å². The number of aryl methyl sites for hydroxylation is 1. The smallest absolute Gasteiger partial charge is 0.387 e. The Morgan fingerprint density at radius 3 is 2.18 bits per heavy atom. The van der Waals surface area contributed by atoms with Crippen LogP contribution in [0.25, 0.3) is 6.08 Å². The van der Waals surface area contributed by atoms with Crippen LogP contribution in [-0.4, -0.2) is 21.6 Å². The largest absolute Gasteiger partial charge is 0.435 e. The number of alkyl halides is 4. The molecular formula is C18H13F4NO4S. The minimum atomic E-state index is -4.23. The number of sulfone groups is 1. The minimum Gasteiger partial charge on any atom is -0.435 e. The second-order valence-corrected chi connectivity index (χ2v) is 7.31. The monoisotopic (exact) mass is 415 g/mol. The molecule has 0 heterocycles. The zero-order valence-corrected chi connectivity index (χ0v) is 15.1. The molecule has 28 heavy (non-hydrogen) atoms. The van der Waals surface area contributed by atoms with Gasteiger partial charge in [0.1, 0.15) is 22.5 Å². The summed E-state index contributed by atoms with van der Waals surface area (Å²) in [4.78, 5) is -0.905. The van der Waals surface area contributed by atoms with Crippen LogP contribution in [0, 0.1) is 18.3 Å². The second-order valence-electron chi connectivity index (χ2n) is 5.39. The highest BCUT2D eigenvalue weighted by Crippen LogP contribution is 2.31. The second kappa shape index (κ2) is 8.75. The van der Waals surface area contributed by atoms with E-state index in [0.29, 0.717) is 0 Å². The lowest BCUT2D eigenvalue weighted by atomic mass is 10.2. The quantitative estimate of drug-likeness (QED) is 0.490. The van der Waals surface area contributed by atoms with E-state index < -0.39 is 39.5 Å². The number of nitriles is 1. The van der Waals surface area contributed by atoms with Crippen molar-refractivity contribution in [2.75, 3.05) is 0 Å². The topological polar surface area (TPSA) is 76.4 Å². The van der Waals surface area contributed by atoms with E-state index in [1.54, 1.807) is 6.92 Å². The molecule has 0 saturated carbocycles. The highest BCUT2D eigenvalue weighted by atomic mass is 32.2. The maximum Gasteiger partial charge on any atom is 0.387 e. The molecule has 0 spiro atoms. The van der Waals surface area contributed by atoms with Crippen molar-refractivity contribution in [2.24, 2.45) is 0 Å². The van der Waals surface area contributed by atoms with Gasteiger partial charge in [-0.15, -0.1) is 0 Å². The highest BCUT2D eigenvalue weighted by Gasteiger charge is 2.22. The Kier molecular flexibility index (Phi) is 6.64. The molecule has 10 heteroatoms. The molecule has 0 amide bonds. The van der Waals surface area contributed by atoms with Gasteiger partial charge in [-0.3, -0.25) is 0 Å². The number of hydrogen-bond donors (Lipinski definition) is 0. The van der Waals surface area contributed by atoms with Gasteiger partial charge in [0.25, 0.3) is 0 Å². The zero-order chi connectivity index (χ0) is 20.9. The molecule has 0 aliphatic heterocycles. The summed E-state index contributed by atoms with van der Waals surface area (Å²) in [5, 5.41) is 9.27. The van der Waals surface area contributed by atoms with Crippen molar-refractivity contribution in [3.63, 3.8) is 0 Å². The van der Waals surface area contributed by atoms with Crippen LogP contribution in [0.15, 0.2) is 52.3 Å². The van der Waals surface area contributed by atoms with Crippen LogP contribution in [0.1, 0.15) is 11.1 Å². The summed E-state index contributed by atoms with van der Waals surface area (Å²) in [6.45, 7) is -4.76. The van der Waals surface area contributed by atoms with Crippen molar-refractivity contribution < 1.29 is 35.5 Å². The number of halogens is 4. The van der Waals surface area contributed by atoms with Crippen molar-refractivity contribution >= 4 is 15.9 Å². The lowest BCUT2D eigenvalue weighted by molar-refractivity contribution is -0.0543. The Hall–Kier alpha value is -3.06. The van der Waals surface area contributed by atoms with E-state index in [1.807, 2.05) is 0 Å². The highest BCUT2D eigenvalue weighted by molar-refractivity contribution is 7.95. The van der Waals surface area contributed by atoms with Crippen molar-refractivity contribution in [1.82, 2.24) is 0 Å². The minimum absolute atomic E-state index is 0.167. The van der Waals surface area contributed by atoms with Crippen molar-refractivity contribution in [1.29, 1.82) is 5.26 Å². The van der Waals surface area contributed by atoms with Crippen LogP contribution >= 0.6 is 0 Å². The van der Waals surface area contributed by atoms with E-state index in [0.717, 1.165) is 29.8 Å². The third-order valence-electron chi connectivity index (χ3n) is 3.44. The fraction of sp³-hybridized carbons (Fsp3) is 0.167. The first-order valence-corrected chi connectivity index (χ1v) is 9.09. The van der Waals surface area contributed by atoms with Crippen molar-refractivity contribution in [2.45, 2.75) is 25.0 Å². The standard InChI is InChI=1S/C18H13F4NO4S/c1-11-2-6-14(7-3-11)28(24,25)15(10-23)8-12-4-5-13(26-17(19)20)9-16(12)27-18(21)22/h2-9,17-18H,1H3/b15-8+. The lowest BCUT2D eigenvalue weighted by Crippen LogP contribution is -2.07. The van der Waals surface area contributed by atoms with Crippen molar-refractivity contribution in [3.05, 3.63) is 58.5 Å². The van der Waals surface area contributed by atoms with Gasteiger partial charge < -0.3 is 9.47 Å². The van der Waals surface area contributed by atoms with Gasteiger partial charge in [-0.25, -0.2) is 8.42 Å². The lowest BCUT2D eigenvalue weighted by Gasteiger charge is -2.11. The zero-order valence-electron chi connectivity index (χ0n) is 14.3. The number of allylic oxidation sites excluding steroid dienone is 1. The fourth-order valence-electron chi connectivity index (χ4n) is 2.16. The third-order valence-corrected chi connectivity index (χ3v) is 5.12. The maximum atomic E-state index is 12.6. The molecule has 0 aliphatic rings. The van der Waals surface area contributed by atoms with Gasteiger partial charge in [0.15, 0.2) is 0 Å². The van der Waals surface area contributed by atoms with Crippen LogP contribution in [0.5, 0.6) is 11.5 Å². The summed E-state index contributed by atoms with van der Waals surface area (Å²) >= 11 is 0. The van der Waals surface area contributed by atoms with Crippen LogP contribution in [0.2, 0.25) is 0 Å². The first-order valence-electron chi connectivity index (χ1n) is 7.60.